The summed E-state index contributed by atoms with van der Waals surface area (Å²) in [5.41, 5.74) is 0. The lowest BCUT2D eigenvalue weighted by Gasteiger charge is -2.24. The van der Waals surface area contributed by atoms with Gasteiger partial charge in [-0.05, 0) is 76.5 Å². The van der Waals surface area contributed by atoms with E-state index in [1.54, 1.807) is 0 Å². The van der Waals surface area contributed by atoms with E-state index in [-0.39, 0.29) is 0 Å². The molecule has 0 unspecified atom stereocenters. The first kappa shape index (κ1) is 13.3. The highest BCUT2D eigenvalue weighted by molar-refractivity contribution is 4.70. The van der Waals surface area contributed by atoms with Crippen LogP contribution in [-0.2, 0) is 4.74 Å². The molecule has 0 aromatic rings. The molecular weight excluding hydrogens is 212 g/mol. The Hall–Kier alpha value is -0.120. The Kier molecular flexibility index (Phi) is 6.32. The highest BCUT2D eigenvalue weighted by Gasteiger charge is 2.14. The lowest BCUT2D eigenvalue weighted by molar-refractivity contribution is 0.100. The van der Waals surface area contributed by atoms with Crippen molar-refractivity contribution in [1.82, 2.24) is 10.6 Å². The van der Waals surface area contributed by atoms with Crippen molar-refractivity contribution in [3.8, 4) is 0 Å². The summed E-state index contributed by atoms with van der Waals surface area (Å²) in [7, 11) is 0. The zero-order chi connectivity index (χ0) is 11.8. The third kappa shape index (κ3) is 5.36. The van der Waals surface area contributed by atoms with Crippen LogP contribution >= 0.6 is 0 Å². The average molecular weight is 240 g/mol. The molecule has 3 heteroatoms. The Morgan fingerprint density at radius 2 is 1.35 bits per heavy atom. The normalized spacial score (nSPS) is 30.4. The largest absolute Gasteiger partial charge is 0.381 e. The Morgan fingerprint density at radius 3 is 1.76 bits per heavy atom. The van der Waals surface area contributed by atoms with Gasteiger partial charge in [-0.15, -0.1) is 0 Å². The Morgan fingerprint density at radius 1 is 0.824 bits per heavy atom. The van der Waals surface area contributed by atoms with Gasteiger partial charge in [-0.1, -0.05) is 0 Å². The molecule has 2 rings (SSSR count). The molecule has 2 saturated heterocycles. The Balaban J connectivity index is 1.42. The molecule has 0 bridgehead atoms. The first-order valence-corrected chi connectivity index (χ1v) is 7.44. The summed E-state index contributed by atoms with van der Waals surface area (Å²) >= 11 is 0. The predicted octanol–water partition coefficient (Wildman–Crippen LogP) is 1.78. The first-order chi connectivity index (χ1) is 8.45. The van der Waals surface area contributed by atoms with Crippen molar-refractivity contribution in [2.24, 2.45) is 11.8 Å². The van der Waals surface area contributed by atoms with Gasteiger partial charge in [0.15, 0.2) is 0 Å². The van der Waals surface area contributed by atoms with Gasteiger partial charge >= 0.3 is 0 Å². The van der Waals surface area contributed by atoms with E-state index in [0.29, 0.717) is 0 Å². The van der Waals surface area contributed by atoms with Gasteiger partial charge in [-0.3, -0.25) is 0 Å². The molecule has 2 N–H and O–H groups in total. The lowest BCUT2D eigenvalue weighted by atomic mass is 9.96. The lowest BCUT2D eigenvalue weighted by Crippen LogP contribution is -2.31. The minimum atomic E-state index is 0.861. The zero-order valence-electron chi connectivity index (χ0n) is 11.0. The maximum Gasteiger partial charge on any atom is 0.0469 e. The number of ether oxygens (including phenoxy) is 1. The molecule has 2 fully saturated rings. The SMILES string of the molecule is C1CNC[C@@H](CCOCC[C@H]2CCCNC2)C1. The molecule has 2 atom stereocenters. The quantitative estimate of drug-likeness (QED) is 0.694. The maximum absolute atomic E-state index is 5.78. The Bertz CT molecular complexity index is 167. The van der Waals surface area contributed by atoms with E-state index >= 15 is 0 Å². The summed E-state index contributed by atoms with van der Waals surface area (Å²) in [6.45, 7) is 6.77. The molecule has 0 aromatic carbocycles. The van der Waals surface area contributed by atoms with Crippen molar-refractivity contribution < 1.29 is 4.74 Å². The van der Waals surface area contributed by atoms with Crippen LogP contribution in [0.15, 0.2) is 0 Å². The van der Waals surface area contributed by atoms with Crippen LogP contribution in [0.25, 0.3) is 0 Å². The van der Waals surface area contributed by atoms with E-state index in [9.17, 15) is 0 Å². The molecular formula is C14H28N2O. The highest BCUT2D eigenvalue weighted by Crippen LogP contribution is 2.15. The fourth-order valence-corrected chi connectivity index (χ4v) is 2.94. The van der Waals surface area contributed by atoms with Gasteiger partial charge in [0.25, 0.3) is 0 Å². The number of piperidine rings is 2. The van der Waals surface area contributed by atoms with Crippen LogP contribution in [0.5, 0.6) is 0 Å². The van der Waals surface area contributed by atoms with Crippen molar-refractivity contribution in [2.75, 3.05) is 39.4 Å². The summed E-state index contributed by atoms with van der Waals surface area (Å²) in [5, 5.41) is 6.93. The Labute approximate surface area is 106 Å². The second kappa shape index (κ2) is 8.06. The topological polar surface area (TPSA) is 33.3 Å². The summed E-state index contributed by atoms with van der Waals surface area (Å²) in [5.74, 6) is 1.72. The van der Waals surface area contributed by atoms with Gasteiger partial charge in [-0.25, -0.2) is 0 Å². The van der Waals surface area contributed by atoms with Crippen LogP contribution in [0.4, 0.5) is 0 Å². The minimum absolute atomic E-state index is 0.861. The molecule has 17 heavy (non-hydrogen) atoms. The zero-order valence-corrected chi connectivity index (χ0v) is 11.0. The van der Waals surface area contributed by atoms with E-state index in [1.165, 1.54) is 64.7 Å². The molecule has 0 radical (unpaired) electrons. The molecule has 2 heterocycles. The van der Waals surface area contributed by atoms with E-state index in [2.05, 4.69) is 10.6 Å². The molecule has 0 aromatic heterocycles. The number of rotatable bonds is 6. The summed E-state index contributed by atoms with van der Waals surface area (Å²) < 4.78 is 5.78. The number of hydrogen-bond acceptors (Lipinski definition) is 3. The first-order valence-electron chi connectivity index (χ1n) is 7.44. The third-order valence-corrected chi connectivity index (χ3v) is 4.14. The molecule has 2 aliphatic rings. The molecule has 2 aliphatic heterocycles. The van der Waals surface area contributed by atoms with Crippen molar-refractivity contribution in [2.45, 2.75) is 38.5 Å². The standard InChI is InChI=1S/C14H28N2O/c1-3-13(11-15-7-1)5-9-17-10-6-14-4-2-8-16-12-14/h13-16H,1-12H2/t13-,14-/m1/s1. The number of nitrogens with one attached hydrogen (secondary N) is 2. The van der Waals surface area contributed by atoms with Crippen LogP contribution in [-0.4, -0.2) is 39.4 Å². The molecule has 0 amide bonds. The molecule has 0 spiro atoms. The van der Waals surface area contributed by atoms with Crippen molar-refractivity contribution >= 4 is 0 Å². The third-order valence-electron chi connectivity index (χ3n) is 4.14. The van der Waals surface area contributed by atoms with Gasteiger partial charge in [-0.2, -0.15) is 0 Å². The van der Waals surface area contributed by atoms with Gasteiger partial charge in [0.2, 0.25) is 0 Å². The van der Waals surface area contributed by atoms with E-state index in [0.717, 1.165) is 25.0 Å². The monoisotopic (exact) mass is 240 g/mol. The summed E-state index contributed by atoms with van der Waals surface area (Å²) in [6.07, 6.45) is 7.97. The smallest absolute Gasteiger partial charge is 0.0469 e. The van der Waals surface area contributed by atoms with E-state index in [1.807, 2.05) is 0 Å². The minimum Gasteiger partial charge on any atom is -0.381 e. The van der Waals surface area contributed by atoms with Crippen LogP contribution in [0.1, 0.15) is 38.5 Å². The van der Waals surface area contributed by atoms with Gasteiger partial charge < -0.3 is 15.4 Å². The van der Waals surface area contributed by atoms with Crippen LogP contribution in [0.3, 0.4) is 0 Å². The second-order valence-electron chi connectivity index (χ2n) is 5.61. The second-order valence-corrected chi connectivity index (χ2v) is 5.61. The van der Waals surface area contributed by atoms with Crippen molar-refractivity contribution in [1.29, 1.82) is 0 Å². The fraction of sp³-hybridized carbons (Fsp3) is 1.00. The van der Waals surface area contributed by atoms with Gasteiger partial charge in [0, 0.05) is 13.2 Å². The summed E-state index contributed by atoms with van der Waals surface area (Å²) in [4.78, 5) is 0. The van der Waals surface area contributed by atoms with Crippen molar-refractivity contribution in [3.63, 3.8) is 0 Å². The average Bonchev–Trinajstić information content (AvgIpc) is 2.41. The maximum atomic E-state index is 5.78. The summed E-state index contributed by atoms with van der Waals surface area (Å²) in [6, 6.07) is 0. The van der Waals surface area contributed by atoms with E-state index in [4.69, 9.17) is 4.74 Å². The molecule has 3 nitrogen and oxygen atoms in total. The van der Waals surface area contributed by atoms with Gasteiger partial charge in [0.1, 0.15) is 0 Å². The fourth-order valence-electron chi connectivity index (χ4n) is 2.94. The predicted molar refractivity (Wildman–Crippen MR) is 71.2 cm³/mol. The van der Waals surface area contributed by atoms with Crippen molar-refractivity contribution in [3.05, 3.63) is 0 Å². The van der Waals surface area contributed by atoms with Crippen LogP contribution in [0, 0.1) is 11.8 Å². The van der Waals surface area contributed by atoms with Crippen LogP contribution < -0.4 is 10.6 Å². The highest BCUT2D eigenvalue weighted by atomic mass is 16.5. The molecule has 0 aliphatic carbocycles. The van der Waals surface area contributed by atoms with Crippen LogP contribution in [0.2, 0.25) is 0 Å². The van der Waals surface area contributed by atoms with E-state index < -0.39 is 0 Å². The number of hydrogen-bond donors (Lipinski definition) is 2. The van der Waals surface area contributed by atoms with Gasteiger partial charge in [0.05, 0.1) is 0 Å². The molecule has 0 saturated carbocycles. The molecule has 100 valence electrons.